The standard InChI is InChI=1S/C13H25N5/c1-3-6-14-9-12-4-7-18(8-5-12)10-13-15-11-16-17(13)2/h11-12,14H,3-10H2,1-2H3. The van der Waals surface area contributed by atoms with Crippen LogP contribution in [0.3, 0.4) is 0 Å². The van der Waals surface area contributed by atoms with E-state index in [1.165, 1.54) is 38.9 Å². The number of likely N-dealkylation sites (tertiary alicyclic amines) is 1. The Bertz CT molecular complexity index is 341. The normalized spacial score (nSPS) is 18.3. The van der Waals surface area contributed by atoms with E-state index in [9.17, 15) is 0 Å². The van der Waals surface area contributed by atoms with Crippen LogP contribution in [0.4, 0.5) is 0 Å². The molecule has 0 bridgehead atoms. The molecule has 0 amide bonds. The first-order chi connectivity index (χ1) is 8.79. The quantitative estimate of drug-likeness (QED) is 0.767. The van der Waals surface area contributed by atoms with Crippen LogP contribution in [0.5, 0.6) is 0 Å². The van der Waals surface area contributed by atoms with Gasteiger partial charge >= 0.3 is 0 Å². The molecular formula is C13H25N5. The van der Waals surface area contributed by atoms with E-state index in [1.807, 2.05) is 11.7 Å². The minimum absolute atomic E-state index is 0.854. The summed E-state index contributed by atoms with van der Waals surface area (Å²) < 4.78 is 1.87. The fourth-order valence-corrected chi connectivity index (χ4v) is 2.49. The van der Waals surface area contributed by atoms with Crippen molar-refractivity contribution < 1.29 is 0 Å². The molecule has 1 aromatic rings. The van der Waals surface area contributed by atoms with Crippen LogP contribution in [0, 0.1) is 5.92 Å². The monoisotopic (exact) mass is 251 g/mol. The second-order valence-corrected chi connectivity index (χ2v) is 5.22. The van der Waals surface area contributed by atoms with Gasteiger partial charge in [-0.2, -0.15) is 5.10 Å². The number of nitrogens with one attached hydrogen (secondary N) is 1. The summed E-state index contributed by atoms with van der Waals surface area (Å²) >= 11 is 0. The summed E-state index contributed by atoms with van der Waals surface area (Å²) in [5, 5.41) is 7.65. The van der Waals surface area contributed by atoms with E-state index < -0.39 is 0 Å². The third-order valence-corrected chi connectivity index (χ3v) is 3.74. The summed E-state index contributed by atoms with van der Waals surface area (Å²) in [6, 6.07) is 0. The number of aryl methyl sites for hydroxylation is 1. The summed E-state index contributed by atoms with van der Waals surface area (Å²) in [7, 11) is 1.96. The fourth-order valence-electron chi connectivity index (χ4n) is 2.49. The van der Waals surface area contributed by atoms with Crippen LogP contribution in [-0.2, 0) is 13.6 Å². The highest BCUT2D eigenvalue weighted by molar-refractivity contribution is 4.85. The third-order valence-electron chi connectivity index (χ3n) is 3.74. The van der Waals surface area contributed by atoms with Crippen molar-refractivity contribution in [3.8, 4) is 0 Å². The second-order valence-electron chi connectivity index (χ2n) is 5.22. The molecule has 18 heavy (non-hydrogen) atoms. The van der Waals surface area contributed by atoms with Gasteiger partial charge in [-0.3, -0.25) is 9.58 Å². The van der Waals surface area contributed by atoms with Crippen LogP contribution in [0.1, 0.15) is 32.0 Å². The number of piperidine rings is 1. The maximum atomic E-state index is 4.29. The average Bonchev–Trinajstić information content (AvgIpc) is 2.78. The van der Waals surface area contributed by atoms with Gasteiger partial charge in [0.15, 0.2) is 0 Å². The molecule has 0 aromatic carbocycles. The van der Waals surface area contributed by atoms with E-state index in [0.29, 0.717) is 0 Å². The fraction of sp³-hybridized carbons (Fsp3) is 0.846. The highest BCUT2D eigenvalue weighted by Gasteiger charge is 2.19. The highest BCUT2D eigenvalue weighted by atomic mass is 15.3. The van der Waals surface area contributed by atoms with E-state index in [2.05, 4.69) is 27.2 Å². The van der Waals surface area contributed by atoms with Crippen LogP contribution >= 0.6 is 0 Å². The molecule has 0 unspecified atom stereocenters. The molecule has 0 radical (unpaired) electrons. The molecule has 1 fully saturated rings. The van der Waals surface area contributed by atoms with E-state index in [-0.39, 0.29) is 0 Å². The van der Waals surface area contributed by atoms with Crippen molar-refractivity contribution in [1.29, 1.82) is 0 Å². The van der Waals surface area contributed by atoms with Crippen molar-refractivity contribution in [1.82, 2.24) is 25.0 Å². The number of rotatable bonds is 6. The lowest BCUT2D eigenvalue weighted by Gasteiger charge is -2.31. The predicted molar refractivity (Wildman–Crippen MR) is 72.2 cm³/mol. The SMILES string of the molecule is CCCNCC1CCN(Cc2ncnn2C)CC1. The Balaban J connectivity index is 1.69. The minimum atomic E-state index is 0.854. The maximum absolute atomic E-state index is 4.29. The Morgan fingerprint density at radius 2 is 2.17 bits per heavy atom. The van der Waals surface area contributed by atoms with E-state index in [1.54, 1.807) is 6.33 Å². The van der Waals surface area contributed by atoms with Crippen molar-refractivity contribution >= 4 is 0 Å². The molecule has 0 spiro atoms. The van der Waals surface area contributed by atoms with Crippen molar-refractivity contribution in [2.24, 2.45) is 13.0 Å². The first-order valence-electron chi connectivity index (χ1n) is 7.05. The molecule has 1 aliphatic rings. The van der Waals surface area contributed by atoms with Crippen LogP contribution in [0.15, 0.2) is 6.33 Å². The number of hydrogen-bond donors (Lipinski definition) is 1. The molecule has 0 aliphatic carbocycles. The number of nitrogens with zero attached hydrogens (tertiary/aromatic N) is 4. The third kappa shape index (κ3) is 3.78. The van der Waals surface area contributed by atoms with E-state index >= 15 is 0 Å². The smallest absolute Gasteiger partial charge is 0.140 e. The zero-order valence-corrected chi connectivity index (χ0v) is 11.6. The summed E-state index contributed by atoms with van der Waals surface area (Å²) in [4.78, 5) is 6.77. The van der Waals surface area contributed by atoms with Crippen LogP contribution in [0.2, 0.25) is 0 Å². The van der Waals surface area contributed by atoms with Crippen LogP contribution in [-0.4, -0.2) is 45.8 Å². The molecule has 2 heterocycles. The van der Waals surface area contributed by atoms with Gasteiger partial charge in [0.2, 0.25) is 0 Å². The molecule has 102 valence electrons. The molecule has 2 rings (SSSR count). The molecule has 1 N–H and O–H groups in total. The average molecular weight is 251 g/mol. The molecule has 0 saturated carbocycles. The van der Waals surface area contributed by atoms with Gasteiger partial charge in [0.1, 0.15) is 12.2 Å². The van der Waals surface area contributed by atoms with Crippen LogP contribution < -0.4 is 5.32 Å². The van der Waals surface area contributed by atoms with Crippen molar-refractivity contribution in [3.63, 3.8) is 0 Å². The van der Waals surface area contributed by atoms with Gasteiger partial charge in [-0.25, -0.2) is 4.98 Å². The molecule has 1 saturated heterocycles. The summed E-state index contributed by atoms with van der Waals surface area (Å²) in [6.45, 7) is 7.86. The van der Waals surface area contributed by atoms with Gasteiger partial charge in [0, 0.05) is 7.05 Å². The first-order valence-corrected chi connectivity index (χ1v) is 7.05. The molecule has 0 atom stereocenters. The zero-order valence-electron chi connectivity index (χ0n) is 11.6. The Hall–Kier alpha value is -0.940. The van der Waals surface area contributed by atoms with Gasteiger partial charge in [-0.15, -0.1) is 0 Å². The number of aromatic nitrogens is 3. The summed E-state index contributed by atoms with van der Waals surface area (Å²) in [5.41, 5.74) is 0. The van der Waals surface area contributed by atoms with Gasteiger partial charge in [-0.05, 0) is 51.4 Å². The lowest BCUT2D eigenvalue weighted by atomic mass is 9.97. The van der Waals surface area contributed by atoms with Crippen molar-refractivity contribution in [2.75, 3.05) is 26.2 Å². The largest absolute Gasteiger partial charge is 0.316 e. The van der Waals surface area contributed by atoms with E-state index in [0.717, 1.165) is 24.8 Å². The van der Waals surface area contributed by atoms with E-state index in [4.69, 9.17) is 0 Å². The highest BCUT2D eigenvalue weighted by Crippen LogP contribution is 2.17. The molecular weight excluding hydrogens is 226 g/mol. The van der Waals surface area contributed by atoms with Gasteiger partial charge in [-0.1, -0.05) is 6.92 Å². The Kier molecular flexibility index (Phi) is 5.13. The predicted octanol–water partition coefficient (Wildman–Crippen LogP) is 1.03. The summed E-state index contributed by atoms with van der Waals surface area (Å²) in [6.07, 6.45) is 5.46. The van der Waals surface area contributed by atoms with Crippen LogP contribution in [0.25, 0.3) is 0 Å². The first kappa shape index (κ1) is 13.5. The Labute approximate surface area is 110 Å². The van der Waals surface area contributed by atoms with Crippen molar-refractivity contribution in [2.45, 2.75) is 32.7 Å². The van der Waals surface area contributed by atoms with Crippen molar-refractivity contribution in [3.05, 3.63) is 12.2 Å². The second kappa shape index (κ2) is 6.85. The lowest BCUT2D eigenvalue weighted by Crippen LogP contribution is -2.37. The molecule has 5 heteroatoms. The Morgan fingerprint density at radius 3 is 2.78 bits per heavy atom. The molecule has 1 aliphatic heterocycles. The lowest BCUT2D eigenvalue weighted by molar-refractivity contribution is 0.170. The topological polar surface area (TPSA) is 46.0 Å². The summed E-state index contributed by atoms with van der Waals surface area (Å²) in [5.74, 6) is 1.92. The number of hydrogen-bond acceptors (Lipinski definition) is 4. The molecule has 1 aromatic heterocycles. The van der Waals surface area contributed by atoms with Gasteiger partial charge in [0.25, 0.3) is 0 Å². The maximum Gasteiger partial charge on any atom is 0.140 e. The Morgan fingerprint density at radius 1 is 1.39 bits per heavy atom. The zero-order chi connectivity index (χ0) is 12.8. The minimum Gasteiger partial charge on any atom is -0.316 e. The molecule has 5 nitrogen and oxygen atoms in total. The van der Waals surface area contributed by atoms with Gasteiger partial charge < -0.3 is 5.32 Å². The van der Waals surface area contributed by atoms with Gasteiger partial charge in [0.05, 0.1) is 6.54 Å².